The fourth-order valence-corrected chi connectivity index (χ4v) is 17.5. The van der Waals surface area contributed by atoms with Crippen molar-refractivity contribution in [2.45, 2.75) is 109 Å². The van der Waals surface area contributed by atoms with Gasteiger partial charge in [-0.2, -0.15) is 0 Å². The molecule has 0 radical (unpaired) electrons. The number of carbonyl (C=O) groups excluding carboxylic acids is 4. The zero-order chi connectivity index (χ0) is 99.5. The van der Waals surface area contributed by atoms with E-state index in [0.717, 1.165) is 143 Å². The molecular weight excluding hydrogens is 1890 g/mol. The van der Waals surface area contributed by atoms with E-state index < -0.39 is 24.4 Å². The number of hydrogen-bond donors (Lipinski definition) is 4. The number of rotatable bonds is 19. The fourth-order valence-electron chi connectivity index (χ4n) is 16.2. The maximum atomic E-state index is 12.2. The van der Waals surface area contributed by atoms with E-state index in [1.54, 1.807) is 60.9 Å². The second-order valence-corrected chi connectivity index (χ2v) is 36.3. The molecule has 0 saturated carbocycles. The number of thiophene rings is 1. The molecule has 0 saturated heterocycles. The first-order chi connectivity index (χ1) is 68.4. The molecular formula is C117H103BrN4O20S. The largest absolute Gasteiger partial charge is 0.493 e. The van der Waals surface area contributed by atoms with E-state index in [1.807, 2.05) is 237 Å². The van der Waals surface area contributed by atoms with Crippen LogP contribution < -0.4 is 59.2 Å². The Morgan fingerprint density at radius 2 is 0.664 bits per heavy atom. The van der Waals surface area contributed by atoms with Gasteiger partial charge in [0.05, 0.1) is 7.11 Å². The van der Waals surface area contributed by atoms with Gasteiger partial charge < -0.3 is 74.5 Å². The molecule has 24 nitrogen and oxygen atoms in total. The number of halogens is 1. The highest BCUT2D eigenvalue weighted by Gasteiger charge is 2.24. The zero-order valence-corrected chi connectivity index (χ0v) is 82.0. The van der Waals surface area contributed by atoms with Crippen molar-refractivity contribution < 1.29 is 93.7 Å². The fraction of sp³-hybridized carbons (Fsp3) is 0.145. The van der Waals surface area contributed by atoms with Crippen molar-refractivity contribution in [2.75, 3.05) is 28.4 Å². The van der Waals surface area contributed by atoms with E-state index in [2.05, 4.69) is 114 Å². The lowest BCUT2D eigenvalue weighted by atomic mass is 10.0. The lowest BCUT2D eigenvalue weighted by Crippen LogP contribution is -2.13. The van der Waals surface area contributed by atoms with Crippen molar-refractivity contribution in [3.05, 3.63) is 411 Å². The molecule has 724 valence electrons. The van der Waals surface area contributed by atoms with Crippen LogP contribution in [0, 0.1) is 27.7 Å². The number of amides is 4. The average molecular weight is 2000 g/mol. The van der Waals surface area contributed by atoms with E-state index in [9.17, 15) is 19.2 Å². The Morgan fingerprint density at radius 3 is 1.09 bits per heavy atom. The number of fused-ring (bicyclic) bond motifs is 10. The number of carbonyl (C=O) groups is 4. The van der Waals surface area contributed by atoms with Gasteiger partial charge >= 0.3 is 24.4 Å². The summed E-state index contributed by atoms with van der Waals surface area (Å²) in [7, 11) is 1.59. The number of furan rings is 4. The second-order valence-electron chi connectivity index (χ2n) is 34.3. The van der Waals surface area contributed by atoms with Crippen LogP contribution in [0.3, 0.4) is 0 Å². The first kappa shape index (κ1) is 98.9. The summed E-state index contributed by atoms with van der Waals surface area (Å²) in [4.78, 5) is 49.6. The third-order valence-corrected chi connectivity index (χ3v) is 24.5. The maximum absolute atomic E-state index is 12.2. The van der Waals surface area contributed by atoms with Crippen LogP contribution in [-0.4, -0.2) is 31.5 Å². The molecule has 16 aromatic rings. The Morgan fingerprint density at radius 1 is 0.322 bits per heavy atom. The number of allylic oxidation sites excluding steroid dienone is 10. The van der Waals surface area contributed by atoms with Gasteiger partial charge in [-0.3, -0.25) is 21.3 Å². The van der Waals surface area contributed by atoms with Gasteiger partial charge in [-0.1, -0.05) is 109 Å². The SMILES string of the molecule is C.C=C1C=C(C)c2ccc(NC(=O)OCc3cc4cc(Br)ccc4o3)cc2O1.C=C1C=C(C)c2ccc(NC(=O)OCc3cc4cc(C)cc(OC)c4o3)cc2O1.C=C1C=C(C)c2ccc(NC(=O)OCc3cc4cc(C)ccc4o3)cc2O1.C=C1C=C(C)c2ccc(NC(=O)OCc3cc4cc(C)ccc4s3)cc2O1.C=C1C=C(C)c2ccc(OCc3ccc(OCc4cc5cc(C)ccc5o4)cc3)cc2O1. The Hall–Kier alpha value is -17.1. The molecule has 26 heteroatoms. The summed E-state index contributed by atoms with van der Waals surface area (Å²) in [6.07, 6.45) is 7.22. The van der Waals surface area contributed by atoms with Crippen LogP contribution in [0.15, 0.2) is 345 Å². The molecule has 0 aliphatic carbocycles. The molecule has 11 aromatic carbocycles. The van der Waals surface area contributed by atoms with Gasteiger partial charge in [0, 0.05) is 116 Å². The molecule has 0 bridgehead atoms. The maximum Gasteiger partial charge on any atom is 0.412 e. The second kappa shape index (κ2) is 43.9. The third-order valence-electron chi connectivity index (χ3n) is 22.9. The minimum Gasteiger partial charge on any atom is -0.493 e. The lowest BCUT2D eigenvalue weighted by molar-refractivity contribution is 0.146. The van der Waals surface area contributed by atoms with Crippen LogP contribution in [-0.2, 0) is 58.6 Å². The first-order valence-corrected chi connectivity index (χ1v) is 46.8. The molecule has 5 aliphatic rings. The van der Waals surface area contributed by atoms with Crippen LogP contribution in [0.2, 0.25) is 0 Å². The van der Waals surface area contributed by atoms with Crippen molar-refractivity contribution >= 4 is 156 Å². The van der Waals surface area contributed by atoms with Gasteiger partial charge in [0.1, 0.15) is 129 Å². The zero-order valence-electron chi connectivity index (χ0n) is 79.6. The Labute approximate surface area is 838 Å². The minimum atomic E-state index is -0.588. The number of hydrogen-bond acceptors (Lipinski definition) is 21. The van der Waals surface area contributed by atoms with E-state index >= 15 is 0 Å². The predicted octanol–water partition coefficient (Wildman–Crippen LogP) is 32.0. The number of aryl methyl sites for hydroxylation is 4. The first-order valence-electron chi connectivity index (χ1n) is 45.2. The van der Waals surface area contributed by atoms with E-state index in [1.165, 1.54) is 21.2 Å². The summed E-state index contributed by atoms with van der Waals surface area (Å²) in [5, 5.41) is 16.0. The van der Waals surface area contributed by atoms with Crippen molar-refractivity contribution in [3.63, 3.8) is 0 Å². The molecule has 0 atom stereocenters. The van der Waals surface area contributed by atoms with Gasteiger partial charge in [0.2, 0.25) is 0 Å². The molecule has 4 N–H and O–H groups in total. The van der Waals surface area contributed by atoms with Crippen LogP contribution >= 0.6 is 27.3 Å². The number of benzene rings is 11. The summed E-state index contributed by atoms with van der Waals surface area (Å²) in [5.41, 5.74) is 21.4. The topological polar surface area (TPSA) is 280 Å². The summed E-state index contributed by atoms with van der Waals surface area (Å²) < 4.78 is 91.7. The van der Waals surface area contributed by atoms with Crippen molar-refractivity contribution in [3.8, 4) is 46.0 Å². The molecule has 4 amide bonds. The monoisotopic (exact) mass is 1990 g/mol. The smallest absolute Gasteiger partial charge is 0.412 e. The molecule has 0 unspecified atom stereocenters. The third kappa shape index (κ3) is 25.1. The predicted molar refractivity (Wildman–Crippen MR) is 566 cm³/mol. The van der Waals surface area contributed by atoms with Crippen LogP contribution in [0.4, 0.5) is 41.9 Å². The van der Waals surface area contributed by atoms with E-state index in [-0.39, 0.29) is 33.9 Å². The number of anilines is 4. The normalized spacial score (nSPS) is 12.8. The molecule has 5 aromatic heterocycles. The molecule has 143 heavy (non-hydrogen) atoms. The number of nitrogens with one attached hydrogen (secondary N) is 4. The van der Waals surface area contributed by atoms with Crippen molar-refractivity contribution in [1.82, 2.24) is 0 Å². The molecule has 10 heterocycles. The van der Waals surface area contributed by atoms with Crippen LogP contribution in [0.25, 0.3) is 81.8 Å². The number of methoxy groups -OCH3 is 1. The quantitative estimate of drug-likeness (QED) is 0.0547. The summed E-state index contributed by atoms with van der Waals surface area (Å²) >= 11 is 5.05. The highest BCUT2D eigenvalue weighted by Crippen LogP contribution is 2.43. The van der Waals surface area contributed by atoms with Gasteiger partial charge in [-0.05, 0) is 301 Å². The number of ether oxygens (including phenoxy) is 12. The Balaban J connectivity index is 0.000000128. The summed E-state index contributed by atoms with van der Waals surface area (Å²) in [6, 6.07) is 73.2. The summed E-state index contributed by atoms with van der Waals surface area (Å²) in [6.45, 7) is 38.5. The van der Waals surface area contributed by atoms with E-state index in [0.29, 0.717) is 116 Å². The van der Waals surface area contributed by atoms with E-state index in [4.69, 9.17) is 74.5 Å². The van der Waals surface area contributed by atoms with Gasteiger partial charge in [0.15, 0.2) is 31.2 Å². The molecule has 5 aliphatic heterocycles. The van der Waals surface area contributed by atoms with Crippen molar-refractivity contribution in [2.24, 2.45) is 0 Å². The molecule has 0 fully saturated rings. The van der Waals surface area contributed by atoms with Gasteiger partial charge in [0.25, 0.3) is 0 Å². The Bertz CT molecular complexity index is 7480. The minimum absolute atomic E-state index is 0. The van der Waals surface area contributed by atoms with Gasteiger partial charge in [-0.15, -0.1) is 11.3 Å². The Kier molecular flexibility index (Phi) is 30.4. The molecule has 21 rings (SSSR count). The van der Waals surface area contributed by atoms with Crippen molar-refractivity contribution in [1.29, 1.82) is 0 Å². The van der Waals surface area contributed by atoms with Gasteiger partial charge in [-0.25, -0.2) is 19.2 Å². The highest BCUT2D eigenvalue weighted by molar-refractivity contribution is 9.10. The molecule has 0 spiro atoms. The lowest BCUT2D eigenvalue weighted by Gasteiger charge is -2.18. The highest BCUT2D eigenvalue weighted by atomic mass is 79.9. The van der Waals surface area contributed by atoms with Crippen LogP contribution in [0.5, 0.6) is 46.0 Å². The van der Waals surface area contributed by atoms with Crippen LogP contribution in [0.1, 0.15) is 126 Å². The summed E-state index contributed by atoms with van der Waals surface area (Å²) in [5.74, 6) is 11.0. The average Bonchev–Trinajstić information content (AvgIpc) is 1.71. The standard InChI is InChI=1S/C28H24O4.C23H21NO5.C22H19NO4.C22H19NO3S.C21H16BrNO4.CH4/c1-18-4-11-27-22(12-18)14-25(32-27)17-30-23-7-5-21(6-8-23)16-29-24-9-10-26-19(2)13-20(3)31-28(26)15-24;1-13-7-16-10-18(29-22(16)21(8-13)26-4)12-27-23(25)24-17-5-6-19-14(2)9-15(3)28-20(19)11-17;1-13-4-7-20-16(8-13)10-18(27-20)12-25-22(24)23-17-5-6-19-14(2)9-15(3)26-21(19)11-17;1-13-4-7-21-16(8-13)10-18(27-21)12-25-22(24)23-17-5-6-19-14(2)9-15(3)26-20(19)11-17;1-12-7-13(2)26-20-10-16(4-5-18(12)20)23-21(24)25-11-17-9-14-8-15(22)3-6-19(14)27-17;/h4-15H,3,16-17H2,1-2H3;5-11H,3,12H2,1-2,4H3,(H,24,25);2*4-11H,3,12H2,1-2H3,(H,23,24);3-10H,2,11H2,1H3,(H,23,24);1H4.